The van der Waals surface area contributed by atoms with Gasteiger partial charge >= 0.3 is 0 Å². The molecular weight excluding hydrogens is 232 g/mol. The molecule has 0 aromatic heterocycles. The molecule has 2 aliphatic heterocycles. The first-order valence-corrected chi connectivity index (χ1v) is 7.76. The zero-order valence-corrected chi connectivity index (χ0v) is 12.3. The lowest BCUT2D eigenvalue weighted by molar-refractivity contribution is 0.304. The van der Waals surface area contributed by atoms with Crippen LogP contribution in [0, 0.1) is 11.3 Å². The highest BCUT2D eigenvalue weighted by atomic mass is 15.2. The van der Waals surface area contributed by atoms with Crippen LogP contribution in [0.2, 0.25) is 0 Å². The van der Waals surface area contributed by atoms with Crippen molar-refractivity contribution in [3.8, 4) is 0 Å². The standard InChI is InChI=1S/C17H26N2/c1-3-17(8-9-18-12-17)13-19-11-14(2)10-15-6-4-5-7-16(15)19/h4-7,14,18H,3,8-13H2,1-2H3. The van der Waals surface area contributed by atoms with Crippen LogP contribution in [0.3, 0.4) is 0 Å². The molecule has 2 aliphatic rings. The molecule has 0 saturated carbocycles. The average molecular weight is 258 g/mol. The quantitative estimate of drug-likeness (QED) is 0.896. The zero-order valence-electron chi connectivity index (χ0n) is 12.3. The molecule has 2 heterocycles. The van der Waals surface area contributed by atoms with Gasteiger partial charge in [-0.15, -0.1) is 0 Å². The molecule has 2 nitrogen and oxygen atoms in total. The molecule has 0 aliphatic carbocycles. The molecule has 1 aromatic rings. The van der Waals surface area contributed by atoms with Gasteiger partial charge in [-0.3, -0.25) is 0 Å². The molecule has 1 saturated heterocycles. The van der Waals surface area contributed by atoms with Crippen molar-refractivity contribution in [2.75, 3.05) is 31.1 Å². The second-order valence-electron chi connectivity index (χ2n) is 6.60. The number of hydrogen-bond donors (Lipinski definition) is 1. The summed E-state index contributed by atoms with van der Waals surface area (Å²) in [6.45, 7) is 9.56. The van der Waals surface area contributed by atoms with Crippen LogP contribution in [-0.2, 0) is 6.42 Å². The van der Waals surface area contributed by atoms with E-state index in [1.54, 1.807) is 5.56 Å². The Hall–Kier alpha value is -1.02. The van der Waals surface area contributed by atoms with Gasteiger partial charge in [-0.25, -0.2) is 0 Å². The van der Waals surface area contributed by atoms with Gasteiger partial charge in [-0.1, -0.05) is 32.0 Å². The Bertz CT molecular complexity index is 435. The van der Waals surface area contributed by atoms with Crippen molar-refractivity contribution < 1.29 is 0 Å². The van der Waals surface area contributed by atoms with E-state index in [4.69, 9.17) is 0 Å². The Kier molecular flexibility index (Phi) is 3.53. The summed E-state index contributed by atoms with van der Waals surface area (Å²) in [6, 6.07) is 8.99. The fraction of sp³-hybridized carbons (Fsp3) is 0.647. The Morgan fingerprint density at radius 2 is 2.21 bits per heavy atom. The first kappa shape index (κ1) is 13.0. The van der Waals surface area contributed by atoms with Crippen LogP contribution in [0.4, 0.5) is 5.69 Å². The lowest BCUT2D eigenvalue weighted by atomic mass is 9.82. The molecule has 1 N–H and O–H groups in total. The number of fused-ring (bicyclic) bond motifs is 1. The molecule has 1 fully saturated rings. The summed E-state index contributed by atoms with van der Waals surface area (Å²) in [4.78, 5) is 2.65. The summed E-state index contributed by atoms with van der Waals surface area (Å²) < 4.78 is 0. The van der Waals surface area contributed by atoms with Crippen molar-refractivity contribution in [3.63, 3.8) is 0 Å². The number of para-hydroxylation sites is 1. The van der Waals surface area contributed by atoms with Crippen molar-refractivity contribution in [1.29, 1.82) is 0 Å². The van der Waals surface area contributed by atoms with Gasteiger partial charge in [0.2, 0.25) is 0 Å². The summed E-state index contributed by atoms with van der Waals surface area (Å²) in [7, 11) is 0. The van der Waals surface area contributed by atoms with E-state index < -0.39 is 0 Å². The van der Waals surface area contributed by atoms with Crippen LogP contribution in [0.1, 0.15) is 32.3 Å². The van der Waals surface area contributed by atoms with Gasteiger partial charge in [-0.2, -0.15) is 0 Å². The van der Waals surface area contributed by atoms with E-state index in [1.807, 2.05) is 0 Å². The first-order chi connectivity index (χ1) is 9.22. The Labute approximate surface area is 117 Å². The summed E-state index contributed by atoms with van der Waals surface area (Å²) in [5.41, 5.74) is 3.52. The lowest BCUT2D eigenvalue weighted by Gasteiger charge is -2.40. The van der Waals surface area contributed by atoms with Crippen LogP contribution in [0.25, 0.3) is 0 Å². The summed E-state index contributed by atoms with van der Waals surface area (Å²) >= 11 is 0. The number of benzene rings is 1. The second kappa shape index (κ2) is 5.16. The fourth-order valence-electron chi connectivity index (χ4n) is 3.81. The highest BCUT2D eigenvalue weighted by Crippen LogP contribution is 2.36. The highest BCUT2D eigenvalue weighted by Gasteiger charge is 2.35. The van der Waals surface area contributed by atoms with Crippen molar-refractivity contribution >= 4 is 5.69 Å². The van der Waals surface area contributed by atoms with Crippen molar-refractivity contribution in [3.05, 3.63) is 29.8 Å². The molecule has 2 heteroatoms. The third-order valence-corrected chi connectivity index (χ3v) is 5.04. The number of hydrogen-bond acceptors (Lipinski definition) is 2. The van der Waals surface area contributed by atoms with Gasteiger partial charge in [0.25, 0.3) is 0 Å². The lowest BCUT2D eigenvalue weighted by Crippen LogP contribution is -2.43. The van der Waals surface area contributed by atoms with Crippen LogP contribution < -0.4 is 10.2 Å². The highest BCUT2D eigenvalue weighted by molar-refractivity contribution is 5.56. The van der Waals surface area contributed by atoms with Crippen LogP contribution in [-0.4, -0.2) is 26.2 Å². The number of nitrogens with zero attached hydrogens (tertiary/aromatic N) is 1. The molecule has 19 heavy (non-hydrogen) atoms. The molecule has 0 amide bonds. The summed E-state index contributed by atoms with van der Waals surface area (Å²) in [6.07, 6.45) is 3.85. The largest absolute Gasteiger partial charge is 0.370 e. The average Bonchev–Trinajstić information content (AvgIpc) is 2.88. The van der Waals surface area contributed by atoms with Gasteiger partial charge in [0, 0.05) is 30.7 Å². The minimum absolute atomic E-state index is 0.490. The van der Waals surface area contributed by atoms with Crippen molar-refractivity contribution in [1.82, 2.24) is 5.32 Å². The Balaban J connectivity index is 1.84. The predicted molar refractivity (Wildman–Crippen MR) is 81.7 cm³/mol. The van der Waals surface area contributed by atoms with E-state index in [0.29, 0.717) is 5.41 Å². The number of anilines is 1. The smallest absolute Gasteiger partial charge is 0.0399 e. The van der Waals surface area contributed by atoms with Crippen LogP contribution in [0.15, 0.2) is 24.3 Å². The van der Waals surface area contributed by atoms with Gasteiger partial charge < -0.3 is 10.2 Å². The maximum absolute atomic E-state index is 3.56. The molecule has 1 aromatic carbocycles. The zero-order chi connectivity index (χ0) is 13.3. The van der Waals surface area contributed by atoms with Crippen molar-refractivity contribution in [2.45, 2.75) is 33.1 Å². The van der Waals surface area contributed by atoms with Crippen molar-refractivity contribution in [2.24, 2.45) is 11.3 Å². The molecule has 3 rings (SSSR count). The van der Waals surface area contributed by atoms with Gasteiger partial charge in [0.15, 0.2) is 0 Å². The van der Waals surface area contributed by atoms with E-state index >= 15 is 0 Å². The van der Waals surface area contributed by atoms with E-state index in [0.717, 1.165) is 5.92 Å². The van der Waals surface area contributed by atoms with Gasteiger partial charge in [-0.05, 0) is 43.4 Å². The maximum atomic E-state index is 3.56. The molecule has 0 bridgehead atoms. The van der Waals surface area contributed by atoms with E-state index in [1.165, 1.54) is 51.1 Å². The van der Waals surface area contributed by atoms with E-state index in [9.17, 15) is 0 Å². The van der Waals surface area contributed by atoms with Crippen LogP contribution >= 0.6 is 0 Å². The SMILES string of the molecule is CCC1(CN2CC(C)Cc3ccccc32)CCNC1. The minimum atomic E-state index is 0.490. The monoisotopic (exact) mass is 258 g/mol. The second-order valence-corrected chi connectivity index (χ2v) is 6.60. The maximum Gasteiger partial charge on any atom is 0.0399 e. The van der Waals surface area contributed by atoms with Crippen LogP contribution in [0.5, 0.6) is 0 Å². The molecular formula is C17H26N2. The van der Waals surface area contributed by atoms with Gasteiger partial charge in [0.1, 0.15) is 0 Å². The molecule has 2 unspecified atom stereocenters. The Morgan fingerprint density at radius 3 is 2.95 bits per heavy atom. The third kappa shape index (κ3) is 2.51. The number of nitrogens with one attached hydrogen (secondary N) is 1. The van der Waals surface area contributed by atoms with E-state index in [2.05, 4.69) is 48.3 Å². The minimum Gasteiger partial charge on any atom is -0.370 e. The number of rotatable bonds is 3. The third-order valence-electron chi connectivity index (χ3n) is 5.04. The molecule has 0 radical (unpaired) electrons. The van der Waals surface area contributed by atoms with Gasteiger partial charge in [0.05, 0.1) is 0 Å². The van der Waals surface area contributed by atoms with E-state index in [-0.39, 0.29) is 0 Å². The topological polar surface area (TPSA) is 15.3 Å². The molecule has 0 spiro atoms. The normalized spacial score (nSPS) is 30.4. The molecule has 104 valence electrons. The summed E-state index contributed by atoms with van der Waals surface area (Å²) in [5.74, 6) is 0.776. The Morgan fingerprint density at radius 1 is 1.37 bits per heavy atom. The molecule has 2 atom stereocenters. The fourth-order valence-corrected chi connectivity index (χ4v) is 3.81. The summed E-state index contributed by atoms with van der Waals surface area (Å²) in [5, 5.41) is 3.56. The first-order valence-electron chi connectivity index (χ1n) is 7.76. The predicted octanol–water partition coefficient (Wildman–Crippen LogP) is 3.07.